The van der Waals surface area contributed by atoms with E-state index < -0.39 is 17.5 Å². The van der Waals surface area contributed by atoms with Crippen LogP contribution in [0, 0.1) is 11.6 Å². The summed E-state index contributed by atoms with van der Waals surface area (Å²) in [6.07, 6.45) is 0. The van der Waals surface area contributed by atoms with Crippen molar-refractivity contribution in [2.45, 2.75) is 0 Å². The van der Waals surface area contributed by atoms with Crippen molar-refractivity contribution in [3.63, 3.8) is 0 Å². The first-order valence-electron chi connectivity index (χ1n) is 5.26. The lowest BCUT2D eigenvalue weighted by molar-refractivity contribution is 0.102. The second-order valence-corrected chi connectivity index (χ2v) is 3.78. The molecule has 0 fully saturated rings. The molecule has 0 saturated heterocycles. The van der Waals surface area contributed by atoms with Crippen LogP contribution in [-0.4, -0.2) is 16.1 Å². The Hall–Kier alpha value is -2.63. The van der Waals surface area contributed by atoms with Crippen LogP contribution in [0.3, 0.4) is 0 Å². The van der Waals surface area contributed by atoms with E-state index in [1.165, 1.54) is 6.07 Å². The van der Waals surface area contributed by atoms with Crippen LogP contribution in [0.1, 0.15) is 10.4 Å². The lowest BCUT2D eigenvalue weighted by Crippen LogP contribution is -2.14. The zero-order chi connectivity index (χ0) is 14.0. The van der Waals surface area contributed by atoms with Crippen LogP contribution in [0.25, 0.3) is 0 Å². The van der Waals surface area contributed by atoms with Crippen LogP contribution in [0.4, 0.5) is 14.5 Å². The Labute approximate surface area is 106 Å². The molecule has 19 heavy (non-hydrogen) atoms. The summed E-state index contributed by atoms with van der Waals surface area (Å²) in [6.45, 7) is 0. The van der Waals surface area contributed by atoms with E-state index in [1.807, 2.05) is 0 Å². The number of aromatic hydroxyl groups is 2. The van der Waals surface area contributed by atoms with Gasteiger partial charge in [-0.05, 0) is 24.3 Å². The molecule has 0 aliphatic heterocycles. The van der Waals surface area contributed by atoms with Gasteiger partial charge < -0.3 is 15.5 Å². The van der Waals surface area contributed by atoms with Crippen LogP contribution in [0.2, 0.25) is 0 Å². The van der Waals surface area contributed by atoms with Crippen molar-refractivity contribution in [1.82, 2.24) is 0 Å². The van der Waals surface area contributed by atoms with E-state index in [-0.39, 0.29) is 22.7 Å². The van der Waals surface area contributed by atoms with Gasteiger partial charge in [0, 0.05) is 12.1 Å². The Kier molecular flexibility index (Phi) is 3.33. The van der Waals surface area contributed by atoms with Gasteiger partial charge >= 0.3 is 0 Å². The predicted octanol–water partition coefficient (Wildman–Crippen LogP) is 2.63. The van der Waals surface area contributed by atoms with Gasteiger partial charge in [-0.15, -0.1) is 0 Å². The number of nitrogens with one attached hydrogen (secondary N) is 1. The van der Waals surface area contributed by atoms with Crippen LogP contribution >= 0.6 is 0 Å². The Balaban J connectivity index is 2.25. The highest BCUT2D eigenvalue weighted by Crippen LogP contribution is 2.21. The molecule has 1 amide bonds. The second kappa shape index (κ2) is 4.93. The minimum Gasteiger partial charge on any atom is -0.508 e. The summed E-state index contributed by atoms with van der Waals surface area (Å²) in [7, 11) is 0. The molecule has 0 aromatic heterocycles. The minimum absolute atomic E-state index is 0.185. The van der Waals surface area contributed by atoms with Crippen molar-refractivity contribution in [1.29, 1.82) is 0 Å². The normalized spacial score (nSPS) is 10.2. The second-order valence-electron chi connectivity index (χ2n) is 3.78. The highest BCUT2D eigenvalue weighted by molar-refractivity contribution is 6.04. The molecule has 4 nitrogen and oxygen atoms in total. The number of halogens is 2. The zero-order valence-corrected chi connectivity index (χ0v) is 9.52. The number of carbonyl (C=O) groups is 1. The quantitative estimate of drug-likeness (QED) is 0.731. The summed E-state index contributed by atoms with van der Waals surface area (Å²) in [4.78, 5) is 11.7. The number of hydrogen-bond acceptors (Lipinski definition) is 3. The fourth-order valence-electron chi connectivity index (χ4n) is 1.48. The van der Waals surface area contributed by atoms with Crippen molar-refractivity contribution < 1.29 is 23.8 Å². The monoisotopic (exact) mass is 265 g/mol. The van der Waals surface area contributed by atoms with Crippen LogP contribution in [-0.2, 0) is 0 Å². The Morgan fingerprint density at radius 2 is 1.53 bits per heavy atom. The molecule has 98 valence electrons. The molecule has 0 bridgehead atoms. The van der Waals surface area contributed by atoms with Gasteiger partial charge in [-0.1, -0.05) is 0 Å². The Morgan fingerprint density at radius 3 is 2.11 bits per heavy atom. The van der Waals surface area contributed by atoms with Gasteiger partial charge in [0.2, 0.25) is 0 Å². The molecular weight excluding hydrogens is 256 g/mol. The van der Waals surface area contributed by atoms with Gasteiger partial charge in [0.15, 0.2) is 0 Å². The number of benzene rings is 2. The van der Waals surface area contributed by atoms with Crippen LogP contribution in [0.5, 0.6) is 11.5 Å². The standard InChI is InChI=1S/C13H9F2NO3/c14-10-5-7(17)1-3-9(10)13(19)16-12-4-2-8(18)6-11(12)15/h1-6,17-18H,(H,16,19). The molecule has 0 spiro atoms. The van der Waals surface area contributed by atoms with Crippen molar-refractivity contribution in [3.8, 4) is 11.5 Å². The fourth-order valence-corrected chi connectivity index (χ4v) is 1.48. The van der Waals surface area contributed by atoms with Crippen LogP contribution in [0.15, 0.2) is 36.4 Å². The lowest BCUT2D eigenvalue weighted by atomic mass is 10.2. The smallest absolute Gasteiger partial charge is 0.258 e. The number of carbonyl (C=O) groups excluding carboxylic acids is 1. The molecule has 2 aromatic carbocycles. The SMILES string of the molecule is O=C(Nc1ccc(O)cc1F)c1ccc(O)cc1F. The topological polar surface area (TPSA) is 69.6 Å². The first-order valence-corrected chi connectivity index (χ1v) is 5.26. The molecule has 0 heterocycles. The maximum Gasteiger partial charge on any atom is 0.258 e. The maximum atomic E-state index is 13.4. The highest BCUT2D eigenvalue weighted by atomic mass is 19.1. The van der Waals surface area contributed by atoms with E-state index >= 15 is 0 Å². The van der Waals surface area contributed by atoms with E-state index in [9.17, 15) is 13.6 Å². The molecule has 2 rings (SSSR count). The highest BCUT2D eigenvalue weighted by Gasteiger charge is 2.14. The molecule has 6 heteroatoms. The maximum absolute atomic E-state index is 13.4. The number of anilines is 1. The molecule has 0 radical (unpaired) electrons. The largest absolute Gasteiger partial charge is 0.508 e. The lowest BCUT2D eigenvalue weighted by Gasteiger charge is -2.07. The van der Waals surface area contributed by atoms with Crippen molar-refractivity contribution >= 4 is 11.6 Å². The summed E-state index contributed by atoms with van der Waals surface area (Å²) in [5, 5.41) is 20.2. The number of rotatable bonds is 2. The third-order valence-corrected chi connectivity index (χ3v) is 2.40. The molecular formula is C13H9F2NO3. The Morgan fingerprint density at radius 1 is 0.947 bits per heavy atom. The first kappa shape index (κ1) is 12.8. The average Bonchev–Trinajstić information content (AvgIpc) is 2.32. The molecule has 0 saturated carbocycles. The van der Waals surface area contributed by atoms with Gasteiger partial charge in [0.1, 0.15) is 23.1 Å². The summed E-state index contributed by atoms with van der Waals surface area (Å²) in [5.74, 6) is -3.22. The van der Waals surface area contributed by atoms with E-state index in [0.717, 1.165) is 30.3 Å². The third kappa shape index (κ3) is 2.79. The Bertz CT molecular complexity index is 644. The van der Waals surface area contributed by atoms with Crippen molar-refractivity contribution in [2.24, 2.45) is 0 Å². The molecule has 3 N–H and O–H groups in total. The molecule has 0 unspecified atom stereocenters. The number of amides is 1. The summed E-state index contributed by atoms with van der Waals surface area (Å²) >= 11 is 0. The van der Waals surface area contributed by atoms with Gasteiger partial charge in [0.05, 0.1) is 11.3 Å². The van der Waals surface area contributed by atoms with E-state index in [1.54, 1.807) is 0 Å². The van der Waals surface area contributed by atoms with Gasteiger partial charge in [-0.3, -0.25) is 4.79 Å². The minimum atomic E-state index is -0.920. The fraction of sp³-hybridized carbons (Fsp3) is 0. The number of phenolic OH excluding ortho intramolecular Hbond substituents is 2. The van der Waals surface area contributed by atoms with Crippen LogP contribution < -0.4 is 5.32 Å². The molecule has 0 aliphatic rings. The number of phenols is 2. The molecule has 2 aromatic rings. The van der Waals surface area contributed by atoms with Gasteiger partial charge in [-0.2, -0.15) is 0 Å². The van der Waals surface area contributed by atoms with Gasteiger partial charge in [-0.25, -0.2) is 8.78 Å². The molecule has 0 atom stereocenters. The molecule has 0 aliphatic carbocycles. The van der Waals surface area contributed by atoms with Crippen molar-refractivity contribution in [3.05, 3.63) is 53.6 Å². The first-order chi connectivity index (χ1) is 8.97. The summed E-state index contributed by atoms with van der Waals surface area (Å²) in [5.41, 5.74) is -0.513. The summed E-state index contributed by atoms with van der Waals surface area (Å²) < 4.78 is 26.8. The zero-order valence-electron chi connectivity index (χ0n) is 9.52. The van der Waals surface area contributed by atoms with E-state index in [0.29, 0.717) is 0 Å². The average molecular weight is 265 g/mol. The van der Waals surface area contributed by atoms with Crippen molar-refractivity contribution in [2.75, 3.05) is 5.32 Å². The summed E-state index contributed by atoms with van der Waals surface area (Å²) in [6, 6.07) is 6.17. The number of hydrogen-bond donors (Lipinski definition) is 3. The van der Waals surface area contributed by atoms with E-state index in [4.69, 9.17) is 10.2 Å². The predicted molar refractivity (Wildman–Crippen MR) is 64.1 cm³/mol. The third-order valence-electron chi connectivity index (χ3n) is 2.40. The van der Waals surface area contributed by atoms with E-state index in [2.05, 4.69) is 5.32 Å². The van der Waals surface area contributed by atoms with Gasteiger partial charge in [0.25, 0.3) is 5.91 Å².